The van der Waals surface area contributed by atoms with Gasteiger partial charge in [0.1, 0.15) is 17.0 Å². The number of aryl methyl sites for hydroxylation is 3. The predicted octanol–water partition coefficient (Wildman–Crippen LogP) is 4.78. The van der Waals surface area contributed by atoms with Crippen LogP contribution in [0, 0.1) is 6.92 Å². The van der Waals surface area contributed by atoms with E-state index in [-0.39, 0.29) is 11.8 Å². The number of nitrogens with zero attached hydrogens (tertiary/aromatic N) is 2. The molecule has 5 rings (SSSR count). The van der Waals surface area contributed by atoms with Crippen molar-refractivity contribution in [3.63, 3.8) is 0 Å². The monoisotopic (exact) mass is 421 g/mol. The van der Waals surface area contributed by atoms with Crippen LogP contribution in [-0.4, -0.2) is 23.5 Å². The Kier molecular flexibility index (Phi) is 4.59. The maximum atomic E-state index is 13.2. The van der Waals surface area contributed by atoms with E-state index >= 15 is 0 Å². The Morgan fingerprint density at radius 2 is 1.93 bits per heavy atom. The van der Waals surface area contributed by atoms with Gasteiger partial charge in [-0.25, -0.2) is 0 Å². The van der Waals surface area contributed by atoms with Crippen LogP contribution in [0.2, 0.25) is 5.02 Å². The first-order valence-corrected chi connectivity index (χ1v) is 10.4. The molecule has 1 N–H and O–H groups in total. The predicted molar refractivity (Wildman–Crippen MR) is 115 cm³/mol. The minimum atomic E-state index is -0.296. The van der Waals surface area contributed by atoms with E-state index in [0.717, 1.165) is 41.9 Å². The molecular weight excluding hydrogens is 402 g/mol. The van der Waals surface area contributed by atoms with Gasteiger partial charge in [-0.1, -0.05) is 35.0 Å². The molecule has 7 heteroatoms. The van der Waals surface area contributed by atoms with Gasteiger partial charge in [-0.15, -0.1) is 0 Å². The summed E-state index contributed by atoms with van der Waals surface area (Å²) < 4.78 is 5.32. The molecule has 2 aliphatic rings. The van der Waals surface area contributed by atoms with E-state index in [0.29, 0.717) is 40.4 Å². The molecule has 0 aliphatic carbocycles. The SMILES string of the molecule is Cc1onc(-c2ccccc2Cl)c1C(=O)Nc1cc2c3c(c1)CCC(=O)N3CCC2. The molecule has 0 saturated carbocycles. The van der Waals surface area contributed by atoms with Gasteiger partial charge in [0.25, 0.3) is 5.91 Å². The normalized spacial score (nSPS) is 15.1. The fraction of sp³-hybridized carbons (Fsp3) is 0.261. The van der Waals surface area contributed by atoms with Gasteiger partial charge in [-0.2, -0.15) is 0 Å². The molecule has 30 heavy (non-hydrogen) atoms. The van der Waals surface area contributed by atoms with Crippen LogP contribution in [-0.2, 0) is 17.6 Å². The molecule has 6 nitrogen and oxygen atoms in total. The Morgan fingerprint density at radius 3 is 2.73 bits per heavy atom. The largest absolute Gasteiger partial charge is 0.360 e. The summed E-state index contributed by atoms with van der Waals surface area (Å²) in [5, 5.41) is 7.58. The Hall–Kier alpha value is -3.12. The van der Waals surface area contributed by atoms with Crippen LogP contribution in [0.3, 0.4) is 0 Å². The van der Waals surface area contributed by atoms with Crippen molar-refractivity contribution in [1.29, 1.82) is 0 Å². The molecule has 0 radical (unpaired) electrons. The molecule has 2 amide bonds. The van der Waals surface area contributed by atoms with E-state index in [1.54, 1.807) is 13.0 Å². The van der Waals surface area contributed by atoms with Crippen LogP contribution < -0.4 is 10.2 Å². The summed E-state index contributed by atoms with van der Waals surface area (Å²) in [5.74, 6) is 0.318. The topological polar surface area (TPSA) is 75.4 Å². The van der Waals surface area contributed by atoms with Crippen LogP contribution in [0.25, 0.3) is 11.3 Å². The third-order valence-electron chi connectivity index (χ3n) is 5.75. The number of benzene rings is 2. The van der Waals surface area contributed by atoms with Crippen molar-refractivity contribution in [3.8, 4) is 11.3 Å². The van der Waals surface area contributed by atoms with E-state index in [9.17, 15) is 9.59 Å². The van der Waals surface area contributed by atoms with Crippen molar-refractivity contribution < 1.29 is 14.1 Å². The summed E-state index contributed by atoms with van der Waals surface area (Å²) >= 11 is 6.31. The molecule has 0 atom stereocenters. The summed E-state index contributed by atoms with van der Waals surface area (Å²) in [7, 11) is 0. The van der Waals surface area contributed by atoms with Crippen LogP contribution in [0.4, 0.5) is 11.4 Å². The lowest BCUT2D eigenvalue weighted by molar-refractivity contribution is -0.119. The van der Waals surface area contributed by atoms with Gasteiger partial charge in [0, 0.05) is 24.2 Å². The molecule has 0 fully saturated rings. The van der Waals surface area contributed by atoms with Crippen LogP contribution in [0.5, 0.6) is 0 Å². The van der Waals surface area contributed by atoms with Gasteiger partial charge in [0.05, 0.1) is 10.7 Å². The minimum Gasteiger partial charge on any atom is -0.360 e. The molecule has 2 aromatic carbocycles. The lowest BCUT2D eigenvalue weighted by Gasteiger charge is -2.35. The highest BCUT2D eigenvalue weighted by Crippen LogP contribution is 2.38. The van der Waals surface area contributed by atoms with Crippen molar-refractivity contribution >= 4 is 34.8 Å². The molecular formula is C23H20ClN3O3. The maximum Gasteiger partial charge on any atom is 0.261 e. The highest BCUT2D eigenvalue weighted by Gasteiger charge is 2.30. The van der Waals surface area contributed by atoms with Crippen molar-refractivity contribution in [2.75, 3.05) is 16.8 Å². The lowest BCUT2D eigenvalue weighted by atomic mass is 9.91. The second-order valence-corrected chi connectivity index (χ2v) is 8.10. The fourth-order valence-corrected chi connectivity index (χ4v) is 4.62. The fourth-order valence-electron chi connectivity index (χ4n) is 4.40. The average Bonchev–Trinajstić information content (AvgIpc) is 3.12. The first-order chi connectivity index (χ1) is 14.5. The summed E-state index contributed by atoms with van der Waals surface area (Å²) in [6, 6.07) is 11.2. The van der Waals surface area contributed by atoms with Crippen LogP contribution in [0.1, 0.15) is 40.1 Å². The Morgan fingerprint density at radius 1 is 1.17 bits per heavy atom. The van der Waals surface area contributed by atoms with Gasteiger partial charge in [-0.05, 0) is 55.5 Å². The third kappa shape index (κ3) is 3.08. The van der Waals surface area contributed by atoms with Crippen molar-refractivity contribution in [3.05, 3.63) is 63.9 Å². The van der Waals surface area contributed by atoms with E-state index in [1.165, 1.54) is 0 Å². The Labute approximate surface area is 178 Å². The van der Waals surface area contributed by atoms with Crippen LogP contribution in [0.15, 0.2) is 40.9 Å². The zero-order valence-corrected chi connectivity index (χ0v) is 17.3. The molecule has 3 aromatic rings. The van der Waals surface area contributed by atoms with Gasteiger partial charge in [0.15, 0.2) is 0 Å². The second-order valence-electron chi connectivity index (χ2n) is 7.69. The lowest BCUT2D eigenvalue weighted by Crippen LogP contribution is -2.39. The molecule has 3 heterocycles. The summed E-state index contributed by atoms with van der Waals surface area (Å²) in [6.07, 6.45) is 3.02. The molecule has 0 saturated heterocycles. The number of rotatable bonds is 3. The minimum absolute atomic E-state index is 0.185. The van der Waals surface area contributed by atoms with Crippen LogP contribution >= 0.6 is 11.6 Å². The Bertz CT molecular complexity index is 1170. The summed E-state index contributed by atoms with van der Waals surface area (Å²) in [5.41, 5.74) is 5.41. The molecule has 1 aromatic heterocycles. The second kappa shape index (κ2) is 7.29. The van der Waals surface area contributed by atoms with E-state index in [2.05, 4.69) is 10.5 Å². The number of hydrogen-bond acceptors (Lipinski definition) is 4. The maximum absolute atomic E-state index is 13.2. The zero-order valence-electron chi connectivity index (χ0n) is 16.5. The molecule has 152 valence electrons. The number of anilines is 2. The Balaban J connectivity index is 1.50. The molecule has 2 aliphatic heterocycles. The smallest absolute Gasteiger partial charge is 0.261 e. The summed E-state index contributed by atoms with van der Waals surface area (Å²) in [6.45, 7) is 2.48. The average molecular weight is 422 g/mol. The van der Waals surface area contributed by atoms with E-state index < -0.39 is 0 Å². The highest BCUT2D eigenvalue weighted by molar-refractivity contribution is 6.33. The van der Waals surface area contributed by atoms with Gasteiger partial charge < -0.3 is 14.7 Å². The number of nitrogens with one attached hydrogen (secondary N) is 1. The molecule has 0 unspecified atom stereocenters. The van der Waals surface area contributed by atoms with Crippen molar-refractivity contribution in [2.45, 2.75) is 32.6 Å². The number of hydrogen-bond donors (Lipinski definition) is 1. The number of carbonyl (C=O) groups is 2. The first kappa shape index (κ1) is 18.9. The molecule has 0 bridgehead atoms. The van der Waals surface area contributed by atoms with Gasteiger partial charge in [0.2, 0.25) is 5.91 Å². The van der Waals surface area contributed by atoms with Crippen molar-refractivity contribution in [1.82, 2.24) is 5.16 Å². The third-order valence-corrected chi connectivity index (χ3v) is 6.08. The summed E-state index contributed by atoms with van der Waals surface area (Å²) in [4.78, 5) is 27.3. The number of carbonyl (C=O) groups excluding carboxylic acids is 2. The van der Waals surface area contributed by atoms with Gasteiger partial charge in [-0.3, -0.25) is 9.59 Å². The first-order valence-electron chi connectivity index (χ1n) is 10.0. The number of aromatic nitrogens is 1. The number of amides is 2. The van der Waals surface area contributed by atoms with Crippen molar-refractivity contribution in [2.24, 2.45) is 0 Å². The standard InChI is InChI=1S/C23H20ClN3O3/c1-13-20(21(26-30-13)17-6-2-3-7-18(17)24)23(29)25-16-11-14-5-4-10-27-19(28)9-8-15(12-16)22(14)27/h2-3,6-7,11-12H,4-5,8-10H2,1H3,(H,25,29). The zero-order chi connectivity index (χ0) is 20.8. The number of halogens is 1. The van der Waals surface area contributed by atoms with Gasteiger partial charge >= 0.3 is 0 Å². The molecule has 0 spiro atoms. The van der Waals surface area contributed by atoms with E-state index in [1.807, 2.05) is 35.2 Å². The van der Waals surface area contributed by atoms with E-state index in [4.69, 9.17) is 16.1 Å². The highest BCUT2D eigenvalue weighted by atomic mass is 35.5. The quantitative estimate of drug-likeness (QED) is 0.660.